The summed E-state index contributed by atoms with van der Waals surface area (Å²) >= 11 is 5.04. The molecule has 0 radical (unpaired) electrons. The third-order valence-electron chi connectivity index (χ3n) is 2.97. The van der Waals surface area contributed by atoms with Gasteiger partial charge in [-0.05, 0) is 43.8 Å². The smallest absolute Gasteiger partial charge is 0.269 e. The number of benzene rings is 1. The van der Waals surface area contributed by atoms with Crippen LogP contribution in [0.15, 0.2) is 23.1 Å². The van der Waals surface area contributed by atoms with Gasteiger partial charge in [0, 0.05) is 25.0 Å². The number of ether oxygens (including phenoxy) is 1. The Morgan fingerprint density at radius 2 is 2.00 bits per heavy atom. The summed E-state index contributed by atoms with van der Waals surface area (Å²) in [4.78, 5) is 12.3. The van der Waals surface area contributed by atoms with Gasteiger partial charge < -0.3 is 10.1 Å². The molecule has 0 unspecified atom stereocenters. The molecule has 0 heterocycles. The highest BCUT2D eigenvalue weighted by molar-refractivity contribution is 7.90. The average molecular weight is 359 g/mol. The molecule has 0 fully saturated rings. The minimum absolute atomic E-state index is 0.0211. The van der Waals surface area contributed by atoms with E-state index in [1.807, 2.05) is 6.92 Å². The van der Waals surface area contributed by atoms with Gasteiger partial charge in [0.2, 0.25) is 0 Å². The van der Waals surface area contributed by atoms with Gasteiger partial charge in [0.25, 0.3) is 5.91 Å². The first kappa shape index (κ1) is 19.3. The van der Waals surface area contributed by atoms with Gasteiger partial charge in [-0.1, -0.05) is 6.07 Å². The zero-order chi connectivity index (χ0) is 17.6. The molecule has 1 rings (SSSR count). The van der Waals surface area contributed by atoms with Crippen molar-refractivity contribution in [2.24, 2.45) is 0 Å². The molecule has 0 aliphatic rings. The first-order valence-electron chi connectivity index (χ1n) is 6.81. The number of carbonyl (C=O) groups is 1. The third kappa shape index (κ3) is 6.12. The van der Waals surface area contributed by atoms with Gasteiger partial charge in [-0.3, -0.25) is 15.6 Å². The molecule has 0 aromatic heterocycles. The van der Waals surface area contributed by atoms with Gasteiger partial charge in [-0.25, -0.2) is 8.42 Å². The van der Waals surface area contributed by atoms with Gasteiger partial charge in [-0.15, -0.1) is 0 Å². The van der Waals surface area contributed by atoms with Crippen LogP contribution in [0.2, 0.25) is 0 Å². The maximum absolute atomic E-state index is 12.2. The second-order valence-corrected chi connectivity index (χ2v) is 7.58. The zero-order valence-corrected chi connectivity index (χ0v) is 15.1. The van der Waals surface area contributed by atoms with Gasteiger partial charge in [0.05, 0.1) is 11.5 Å². The zero-order valence-electron chi connectivity index (χ0n) is 13.5. The first-order chi connectivity index (χ1) is 10.6. The first-order valence-corrected chi connectivity index (χ1v) is 9.11. The lowest BCUT2D eigenvalue weighted by Crippen LogP contribution is -2.50. The number of methoxy groups -OCH3 is 1. The van der Waals surface area contributed by atoms with Gasteiger partial charge >= 0.3 is 0 Å². The summed E-state index contributed by atoms with van der Waals surface area (Å²) in [5, 5.41) is 3.16. The lowest BCUT2D eigenvalue weighted by molar-refractivity contribution is 0.0942. The van der Waals surface area contributed by atoms with Crippen molar-refractivity contribution in [2.75, 3.05) is 20.0 Å². The fraction of sp³-hybridized carbons (Fsp3) is 0.429. The van der Waals surface area contributed by atoms with E-state index in [2.05, 4.69) is 16.2 Å². The number of amides is 1. The highest BCUT2D eigenvalue weighted by atomic mass is 32.2. The largest absolute Gasteiger partial charge is 0.383 e. The molecular formula is C14H21N3O4S2. The predicted octanol–water partition coefficient (Wildman–Crippen LogP) is 0.542. The molecule has 0 saturated heterocycles. The van der Waals surface area contributed by atoms with Crippen LogP contribution in [0.3, 0.4) is 0 Å². The number of rotatable bonds is 5. The van der Waals surface area contributed by atoms with E-state index in [9.17, 15) is 13.2 Å². The maximum atomic E-state index is 12.2. The minimum Gasteiger partial charge on any atom is -0.383 e. The molecule has 9 heteroatoms. The molecule has 23 heavy (non-hydrogen) atoms. The molecule has 0 aliphatic heterocycles. The van der Waals surface area contributed by atoms with Crippen LogP contribution in [-0.4, -0.2) is 45.5 Å². The summed E-state index contributed by atoms with van der Waals surface area (Å²) in [5.41, 5.74) is 5.92. The molecule has 1 amide bonds. The maximum Gasteiger partial charge on any atom is 0.269 e. The lowest BCUT2D eigenvalue weighted by atomic mass is 10.1. The minimum atomic E-state index is -3.38. The molecular weight excluding hydrogens is 338 g/mol. The molecule has 0 spiro atoms. The van der Waals surface area contributed by atoms with E-state index in [1.165, 1.54) is 12.1 Å². The number of sulfone groups is 1. The summed E-state index contributed by atoms with van der Waals surface area (Å²) in [5.74, 6) is -0.475. The van der Waals surface area contributed by atoms with Crippen LogP contribution in [0, 0.1) is 6.92 Å². The van der Waals surface area contributed by atoms with Gasteiger partial charge in [0.1, 0.15) is 0 Å². The second-order valence-electron chi connectivity index (χ2n) is 5.16. The summed E-state index contributed by atoms with van der Waals surface area (Å²) in [6.45, 7) is 4.06. The molecule has 1 aromatic rings. The Balaban J connectivity index is 2.73. The number of aryl methyl sites for hydroxylation is 1. The Morgan fingerprint density at radius 1 is 1.35 bits per heavy atom. The van der Waals surface area contributed by atoms with Crippen LogP contribution in [-0.2, 0) is 14.6 Å². The number of carbonyl (C=O) groups excluding carboxylic acids is 1. The monoisotopic (exact) mass is 359 g/mol. The molecule has 7 nitrogen and oxygen atoms in total. The molecule has 0 bridgehead atoms. The van der Waals surface area contributed by atoms with Crippen molar-refractivity contribution in [2.45, 2.75) is 24.8 Å². The standard InChI is InChI=1S/C14H21N3O4S2/c1-9-5-6-11(23(4,19)20)7-12(9)13(18)16-17-14(22)15-10(2)8-21-3/h5-7,10H,8H2,1-4H3,(H,16,18)(H2,15,17,22)/t10-/m1/s1. The molecule has 128 valence electrons. The number of hydrogen-bond donors (Lipinski definition) is 3. The third-order valence-corrected chi connectivity index (χ3v) is 4.30. The van der Waals surface area contributed by atoms with Gasteiger partial charge in [0.15, 0.2) is 14.9 Å². The van der Waals surface area contributed by atoms with Crippen molar-refractivity contribution >= 4 is 33.1 Å². The van der Waals surface area contributed by atoms with E-state index < -0.39 is 15.7 Å². The quantitative estimate of drug-likeness (QED) is 0.522. The number of hydrazine groups is 1. The highest BCUT2D eigenvalue weighted by Crippen LogP contribution is 2.15. The van der Waals surface area contributed by atoms with Crippen LogP contribution in [0.25, 0.3) is 0 Å². The molecule has 1 aromatic carbocycles. The number of nitrogens with one attached hydrogen (secondary N) is 3. The predicted molar refractivity (Wildman–Crippen MR) is 92.0 cm³/mol. The topological polar surface area (TPSA) is 96.5 Å². The van der Waals surface area contributed by atoms with Crippen molar-refractivity contribution in [3.63, 3.8) is 0 Å². The SMILES string of the molecule is COC[C@@H](C)NC(=S)NNC(=O)c1cc(S(C)(=O)=O)ccc1C. The van der Waals surface area contributed by atoms with Crippen LogP contribution in [0.4, 0.5) is 0 Å². The van der Waals surface area contributed by atoms with Crippen molar-refractivity contribution in [3.05, 3.63) is 29.3 Å². The molecule has 3 N–H and O–H groups in total. The van der Waals surface area contributed by atoms with E-state index in [4.69, 9.17) is 17.0 Å². The number of hydrogen-bond acceptors (Lipinski definition) is 5. The van der Waals surface area contributed by atoms with E-state index in [-0.39, 0.29) is 21.6 Å². The molecule has 0 aliphatic carbocycles. The Morgan fingerprint density at radius 3 is 2.57 bits per heavy atom. The highest BCUT2D eigenvalue weighted by Gasteiger charge is 2.14. The summed E-state index contributed by atoms with van der Waals surface area (Å²) in [6, 6.07) is 4.37. The van der Waals surface area contributed by atoms with Crippen LogP contribution in [0.5, 0.6) is 0 Å². The fourth-order valence-electron chi connectivity index (χ4n) is 1.81. The van der Waals surface area contributed by atoms with Crippen molar-refractivity contribution < 1.29 is 17.9 Å². The van der Waals surface area contributed by atoms with Crippen molar-refractivity contribution in [1.29, 1.82) is 0 Å². The molecule has 1 atom stereocenters. The Hall–Kier alpha value is -1.71. The van der Waals surface area contributed by atoms with Crippen LogP contribution >= 0.6 is 12.2 Å². The van der Waals surface area contributed by atoms with E-state index in [0.717, 1.165) is 6.26 Å². The molecule has 0 saturated carbocycles. The summed E-state index contributed by atoms with van der Waals surface area (Å²) in [7, 11) is -1.80. The van der Waals surface area contributed by atoms with Crippen LogP contribution in [0.1, 0.15) is 22.8 Å². The second kappa shape index (κ2) is 8.23. The van der Waals surface area contributed by atoms with Crippen molar-refractivity contribution in [3.8, 4) is 0 Å². The van der Waals surface area contributed by atoms with Gasteiger partial charge in [-0.2, -0.15) is 0 Å². The average Bonchev–Trinajstić information content (AvgIpc) is 2.44. The Bertz CT molecular complexity index is 689. The lowest BCUT2D eigenvalue weighted by Gasteiger charge is -2.17. The van der Waals surface area contributed by atoms with E-state index >= 15 is 0 Å². The van der Waals surface area contributed by atoms with Crippen molar-refractivity contribution in [1.82, 2.24) is 16.2 Å². The summed E-state index contributed by atoms with van der Waals surface area (Å²) in [6.07, 6.45) is 1.09. The van der Waals surface area contributed by atoms with Crippen LogP contribution < -0.4 is 16.2 Å². The number of thiocarbonyl (C=S) groups is 1. The Labute approximate surface area is 141 Å². The summed E-state index contributed by atoms with van der Waals surface area (Å²) < 4.78 is 28.1. The fourth-order valence-corrected chi connectivity index (χ4v) is 2.71. The normalized spacial score (nSPS) is 12.3. The van der Waals surface area contributed by atoms with E-state index in [1.54, 1.807) is 20.1 Å². The van der Waals surface area contributed by atoms with E-state index in [0.29, 0.717) is 12.2 Å². The Kier molecular flexibility index (Phi) is 6.92.